The van der Waals surface area contributed by atoms with Crippen LogP contribution in [0.5, 0.6) is 0 Å². The molecule has 3 N–H and O–H groups in total. The molecule has 6 heteroatoms. The van der Waals surface area contributed by atoms with Crippen molar-refractivity contribution in [2.24, 2.45) is 5.73 Å². The van der Waals surface area contributed by atoms with E-state index in [1.165, 1.54) is 0 Å². The Morgan fingerprint density at radius 1 is 1.44 bits per heavy atom. The van der Waals surface area contributed by atoms with Crippen molar-refractivity contribution >= 4 is 11.6 Å². The average molecular weight is 244 g/mol. The molecule has 1 unspecified atom stereocenters. The quantitative estimate of drug-likeness (QED) is 0.444. The van der Waals surface area contributed by atoms with Crippen molar-refractivity contribution < 1.29 is 4.92 Å². The highest BCUT2D eigenvalue weighted by atomic mass is 35.5. The van der Waals surface area contributed by atoms with E-state index in [9.17, 15) is 10.1 Å². The Labute approximate surface area is 98.7 Å². The molecule has 0 heterocycles. The van der Waals surface area contributed by atoms with Crippen LogP contribution in [0.15, 0.2) is 24.3 Å². The zero-order valence-electron chi connectivity index (χ0n) is 8.73. The Bertz CT molecular complexity index is 342. The van der Waals surface area contributed by atoms with Gasteiger partial charge in [-0.2, -0.15) is 0 Å². The molecule has 0 aliphatic carbocycles. The molecule has 0 spiro atoms. The van der Waals surface area contributed by atoms with E-state index >= 15 is 0 Å². The molecule has 0 saturated heterocycles. The monoisotopic (exact) mass is 243 g/mol. The summed E-state index contributed by atoms with van der Waals surface area (Å²) in [6, 6.07) is 7.47. The van der Waals surface area contributed by atoms with Gasteiger partial charge in [-0.15, -0.1) is 0 Å². The molecule has 1 atom stereocenters. The van der Waals surface area contributed by atoms with Gasteiger partial charge in [-0.25, -0.2) is 0 Å². The maximum atomic E-state index is 10.2. The van der Waals surface area contributed by atoms with E-state index in [0.717, 1.165) is 12.0 Å². The van der Waals surface area contributed by atoms with Crippen LogP contribution in [0.3, 0.4) is 0 Å². The molecule has 1 aromatic rings. The van der Waals surface area contributed by atoms with Crippen molar-refractivity contribution in [2.45, 2.75) is 12.6 Å². The second kappa shape index (κ2) is 6.42. The molecule has 0 aromatic heterocycles. The van der Waals surface area contributed by atoms with E-state index in [2.05, 4.69) is 5.32 Å². The maximum Gasteiger partial charge on any atom is 0.231 e. The Kier molecular flexibility index (Phi) is 5.18. The molecule has 88 valence electrons. The summed E-state index contributed by atoms with van der Waals surface area (Å²) in [5, 5.41) is 13.7. The highest BCUT2D eigenvalue weighted by Gasteiger charge is 2.07. The molecule has 0 radical (unpaired) electrons. The molecular formula is C10H14ClN3O2. The zero-order valence-corrected chi connectivity index (χ0v) is 9.48. The van der Waals surface area contributed by atoms with Crippen molar-refractivity contribution in [2.75, 3.05) is 13.1 Å². The Hall–Kier alpha value is -1.17. The number of halogens is 1. The third kappa shape index (κ3) is 5.06. The lowest BCUT2D eigenvalue weighted by Crippen LogP contribution is -2.43. The summed E-state index contributed by atoms with van der Waals surface area (Å²) < 4.78 is 0. The predicted octanol–water partition coefficient (Wildman–Crippen LogP) is 1.03. The van der Waals surface area contributed by atoms with E-state index < -0.39 is 11.1 Å². The normalized spacial score (nSPS) is 12.4. The molecular weight excluding hydrogens is 230 g/mol. The van der Waals surface area contributed by atoms with Gasteiger partial charge in [0.05, 0.1) is 0 Å². The van der Waals surface area contributed by atoms with E-state index in [1.807, 2.05) is 24.3 Å². The fraction of sp³-hybridized carbons (Fsp3) is 0.400. The molecule has 0 amide bonds. The van der Waals surface area contributed by atoms with Crippen LogP contribution in [0.25, 0.3) is 0 Å². The minimum atomic E-state index is -0.595. The van der Waals surface area contributed by atoms with Crippen LogP contribution in [0.1, 0.15) is 5.56 Å². The lowest BCUT2D eigenvalue weighted by molar-refractivity contribution is -0.483. The number of hydrogen-bond acceptors (Lipinski definition) is 4. The van der Waals surface area contributed by atoms with Gasteiger partial charge in [0, 0.05) is 16.5 Å². The fourth-order valence-electron chi connectivity index (χ4n) is 1.28. The minimum absolute atomic E-state index is 0.263. The minimum Gasteiger partial charge on any atom is -0.310 e. The Balaban J connectivity index is 2.25. The van der Waals surface area contributed by atoms with Crippen LogP contribution in [-0.2, 0) is 6.42 Å². The van der Waals surface area contributed by atoms with Gasteiger partial charge in [0.1, 0.15) is 6.17 Å². The van der Waals surface area contributed by atoms with Crippen LogP contribution >= 0.6 is 11.6 Å². The van der Waals surface area contributed by atoms with E-state index in [1.54, 1.807) is 0 Å². The second-order valence-corrected chi connectivity index (χ2v) is 3.89. The summed E-state index contributed by atoms with van der Waals surface area (Å²) in [5.41, 5.74) is 6.60. The van der Waals surface area contributed by atoms with Gasteiger partial charge in [-0.3, -0.25) is 15.4 Å². The van der Waals surface area contributed by atoms with Gasteiger partial charge in [-0.1, -0.05) is 23.7 Å². The predicted molar refractivity (Wildman–Crippen MR) is 63.0 cm³/mol. The van der Waals surface area contributed by atoms with Gasteiger partial charge in [0.25, 0.3) is 0 Å². The summed E-state index contributed by atoms with van der Waals surface area (Å²) in [6.45, 7) is 0.345. The van der Waals surface area contributed by atoms with Crippen LogP contribution in [-0.4, -0.2) is 24.2 Å². The highest BCUT2D eigenvalue weighted by Crippen LogP contribution is 2.09. The second-order valence-electron chi connectivity index (χ2n) is 3.45. The zero-order chi connectivity index (χ0) is 12.0. The van der Waals surface area contributed by atoms with Gasteiger partial charge < -0.3 is 5.73 Å². The lowest BCUT2D eigenvalue weighted by Gasteiger charge is -2.09. The summed E-state index contributed by atoms with van der Waals surface area (Å²) >= 11 is 5.74. The topological polar surface area (TPSA) is 81.2 Å². The van der Waals surface area contributed by atoms with Gasteiger partial charge in [0.2, 0.25) is 6.54 Å². The Morgan fingerprint density at radius 2 is 2.06 bits per heavy atom. The van der Waals surface area contributed by atoms with E-state index in [0.29, 0.717) is 11.6 Å². The largest absolute Gasteiger partial charge is 0.310 e. The van der Waals surface area contributed by atoms with Crippen LogP contribution in [0.2, 0.25) is 5.02 Å². The van der Waals surface area contributed by atoms with Gasteiger partial charge >= 0.3 is 0 Å². The van der Waals surface area contributed by atoms with Crippen LogP contribution in [0.4, 0.5) is 0 Å². The molecule has 16 heavy (non-hydrogen) atoms. The number of nitrogens with two attached hydrogens (primary N) is 1. The number of nitrogens with one attached hydrogen (secondary N) is 1. The molecule has 0 aliphatic rings. The smallest absolute Gasteiger partial charge is 0.231 e. The molecule has 0 aliphatic heterocycles. The first-order valence-corrected chi connectivity index (χ1v) is 5.31. The molecule has 0 saturated carbocycles. The maximum absolute atomic E-state index is 10.2. The first kappa shape index (κ1) is 12.9. The number of nitrogens with zero attached hydrogens (tertiary/aromatic N) is 1. The summed E-state index contributed by atoms with van der Waals surface area (Å²) in [6.07, 6.45) is 0.171. The summed E-state index contributed by atoms with van der Waals surface area (Å²) in [5.74, 6) is 0. The summed E-state index contributed by atoms with van der Waals surface area (Å²) in [4.78, 5) is 9.72. The fourth-order valence-corrected chi connectivity index (χ4v) is 1.40. The van der Waals surface area contributed by atoms with E-state index in [4.69, 9.17) is 17.3 Å². The van der Waals surface area contributed by atoms with Crippen molar-refractivity contribution in [1.82, 2.24) is 5.32 Å². The number of hydrogen-bond donors (Lipinski definition) is 2. The van der Waals surface area contributed by atoms with E-state index in [-0.39, 0.29) is 6.54 Å². The van der Waals surface area contributed by atoms with Gasteiger partial charge in [-0.05, 0) is 24.1 Å². The SMILES string of the molecule is NC(C[N+](=O)[O-])NCCc1ccc(Cl)cc1. The van der Waals surface area contributed by atoms with Gasteiger partial charge in [0.15, 0.2) is 0 Å². The molecule has 1 rings (SSSR count). The molecule has 0 bridgehead atoms. The Morgan fingerprint density at radius 3 is 2.62 bits per heavy atom. The lowest BCUT2D eigenvalue weighted by atomic mass is 10.1. The molecule has 0 fully saturated rings. The average Bonchev–Trinajstić information content (AvgIpc) is 2.20. The number of rotatable bonds is 6. The number of benzene rings is 1. The number of nitro groups is 1. The third-order valence-corrected chi connectivity index (χ3v) is 2.33. The first-order valence-electron chi connectivity index (χ1n) is 4.93. The molecule has 5 nitrogen and oxygen atoms in total. The van der Waals surface area contributed by atoms with Crippen molar-refractivity contribution in [3.63, 3.8) is 0 Å². The van der Waals surface area contributed by atoms with Crippen molar-refractivity contribution in [3.05, 3.63) is 45.0 Å². The molecule has 1 aromatic carbocycles. The van der Waals surface area contributed by atoms with Crippen molar-refractivity contribution in [1.29, 1.82) is 0 Å². The third-order valence-electron chi connectivity index (χ3n) is 2.08. The van der Waals surface area contributed by atoms with Crippen molar-refractivity contribution in [3.8, 4) is 0 Å². The standard InChI is InChI=1S/C10H14ClN3O2/c11-9-3-1-8(2-4-9)5-6-13-10(12)7-14(15)16/h1-4,10,13H,5-7,12H2. The van der Waals surface area contributed by atoms with Crippen LogP contribution in [0, 0.1) is 10.1 Å². The van der Waals surface area contributed by atoms with Crippen LogP contribution < -0.4 is 11.1 Å². The first-order chi connectivity index (χ1) is 7.58. The highest BCUT2D eigenvalue weighted by molar-refractivity contribution is 6.30. The summed E-state index contributed by atoms with van der Waals surface area (Å²) in [7, 11) is 0.